The summed E-state index contributed by atoms with van der Waals surface area (Å²) in [6.07, 6.45) is 3.21. The largest absolute Gasteiger partial charge is 0.444 e. The number of nitrogens with zero attached hydrogens (tertiary/aromatic N) is 2. The third kappa shape index (κ3) is 5.04. The topological polar surface area (TPSA) is 49.9 Å². The summed E-state index contributed by atoms with van der Waals surface area (Å²) >= 11 is 6.01. The van der Waals surface area contributed by atoms with Gasteiger partial charge in [-0.05, 0) is 46.0 Å². The Morgan fingerprint density at radius 3 is 2.45 bits per heavy atom. The van der Waals surface area contributed by atoms with E-state index >= 15 is 0 Å². The Morgan fingerprint density at radius 2 is 1.95 bits per heavy atom. The molecule has 0 aromatic rings. The van der Waals surface area contributed by atoms with Crippen molar-refractivity contribution in [2.45, 2.75) is 57.4 Å². The maximum atomic E-state index is 12.0. The number of likely N-dealkylation sites (tertiary alicyclic amines) is 2. The van der Waals surface area contributed by atoms with Gasteiger partial charge in [-0.2, -0.15) is 0 Å². The SMILES string of the molecule is CC(C)(C)OC(=O)N1CCC(CCN2CC(Cl)CC2=O)CC1. The molecule has 5 nitrogen and oxygen atoms in total. The van der Waals surface area contributed by atoms with Crippen molar-refractivity contribution in [1.29, 1.82) is 0 Å². The quantitative estimate of drug-likeness (QED) is 0.748. The fourth-order valence-corrected chi connectivity index (χ4v) is 3.31. The lowest BCUT2D eigenvalue weighted by Crippen LogP contribution is -2.42. The van der Waals surface area contributed by atoms with Crippen LogP contribution >= 0.6 is 11.6 Å². The van der Waals surface area contributed by atoms with Gasteiger partial charge in [0.15, 0.2) is 0 Å². The van der Waals surface area contributed by atoms with E-state index < -0.39 is 5.60 Å². The van der Waals surface area contributed by atoms with Crippen molar-refractivity contribution in [2.24, 2.45) is 5.92 Å². The smallest absolute Gasteiger partial charge is 0.410 e. The molecule has 2 amide bonds. The molecule has 1 unspecified atom stereocenters. The summed E-state index contributed by atoms with van der Waals surface area (Å²) in [5.74, 6) is 0.743. The summed E-state index contributed by atoms with van der Waals surface area (Å²) in [4.78, 5) is 27.4. The van der Waals surface area contributed by atoms with E-state index in [4.69, 9.17) is 16.3 Å². The number of alkyl halides is 1. The second kappa shape index (κ2) is 7.07. The standard InChI is InChI=1S/C16H27ClN2O3/c1-16(2,3)22-15(21)18-7-4-12(5-8-18)6-9-19-11-13(17)10-14(19)20/h12-13H,4-11H2,1-3H3. The Hall–Kier alpha value is -0.970. The maximum Gasteiger partial charge on any atom is 0.410 e. The van der Waals surface area contributed by atoms with Crippen LogP contribution in [0.25, 0.3) is 0 Å². The molecule has 2 aliphatic rings. The van der Waals surface area contributed by atoms with Gasteiger partial charge in [0, 0.05) is 32.6 Å². The van der Waals surface area contributed by atoms with Gasteiger partial charge >= 0.3 is 6.09 Å². The van der Waals surface area contributed by atoms with Crippen molar-refractivity contribution in [3.05, 3.63) is 0 Å². The summed E-state index contributed by atoms with van der Waals surface area (Å²) in [7, 11) is 0. The average Bonchev–Trinajstić information content (AvgIpc) is 2.73. The molecule has 1 atom stereocenters. The molecule has 2 saturated heterocycles. The fourth-order valence-electron chi connectivity index (χ4n) is 3.01. The van der Waals surface area contributed by atoms with Crippen molar-refractivity contribution in [1.82, 2.24) is 9.80 Å². The molecule has 0 bridgehead atoms. The Balaban J connectivity index is 1.69. The summed E-state index contributed by atoms with van der Waals surface area (Å²) < 4.78 is 5.40. The van der Waals surface area contributed by atoms with Crippen molar-refractivity contribution in [3.63, 3.8) is 0 Å². The molecule has 0 radical (unpaired) electrons. The zero-order chi connectivity index (χ0) is 16.3. The van der Waals surface area contributed by atoms with E-state index in [1.54, 1.807) is 4.90 Å². The van der Waals surface area contributed by atoms with Gasteiger partial charge in [0.1, 0.15) is 5.60 Å². The highest BCUT2D eigenvalue weighted by molar-refractivity contribution is 6.22. The number of ether oxygens (including phenoxy) is 1. The number of carbonyl (C=O) groups is 2. The number of hydrogen-bond donors (Lipinski definition) is 0. The van der Waals surface area contributed by atoms with Gasteiger partial charge in [0.2, 0.25) is 5.91 Å². The molecule has 0 aromatic heterocycles. The monoisotopic (exact) mass is 330 g/mol. The van der Waals surface area contributed by atoms with Gasteiger partial charge in [-0.25, -0.2) is 4.79 Å². The van der Waals surface area contributed by atoms with Crippen molar-refractivity contribution < 1.29 is 14.3 Å². The van der Waals surface area contributed by atoms with E-state index in [1.807, 2.05) is 25.7 Å². The minimum absolute atomic E-state index is 0.0264. The van der Waals surface area contributed by atoms with Crippen LogP contribution in [-0.4, -0.2) is 59.0 Å². The number of piperidine rings is 1. The summed E-state index contributed by atoms with van der Waals surface area (Å²) in [6.45, 7) is 8.60. The highest BCUT2D eigenvalue weighted by Gasteiger charge is 2.30. The van der Waals surface area contributed by atoms with Crippen LogP contribution in [-0.2, 0) is 9.53 Å². The molecule has 0 spiro atoms. The Morgan fingerprint density at radius 1 is 1.32 bits per heavy atom. The van der Waals surface area contributed by atoms with E-state index in [2.05, 4.69) is 0 Å². The molecule has 2 rings (SSSR count). The van der Waals surface area contributed by atoms with Crippen LogP contribution in [0.15, 0.2) is 0 Å². The van der Waals surface area contributed by atoms with Gasteiger partial charge in [0.05, 0.1) is 5.38 Å². The molecule has 2 heterocycles. The predicted molar refractivity (Wildman–Crippen MR) is 86.0 cm³/mol. The molecule has 6 heteroatoms. The highest BCUT2D eigenvalue weighted by Crippen LogP contribution is 2.24. The summed E-state index contributed by atoms with van der Waals surface area (Å²) in [5, 5.41) is -0.0264. The zero-order valence-electron chi connectivity index (χ0n) is 13.8. The second-order valence-corrected chi connectivity index (χ2v) is 7.96. The van der Waals surface area contributed by atoms with Crippen LogP contribution in [0.3, 0.4) is 0 Å². The molecular weight excluding hydrogens is 304 g/mol. The molecule has 2 aliphatic heterocycles. The van der Waals surface area contributed by atoms with Crippen molar-refractivity contribution in [2.75, 3.05) is 26.2 Å². The lowest BCUT2D eigenvalue weighted by Gasteiger charge is -2.34. The van der Waals surface area contributed by atoms with E-state index in [9.17, 15) is 9.59 Å². The Labute approximate surface area is 137 Å². The highest BCUT2D eigenvalue weighted by atomic mass is 35.5. The Kier molecular flexibility index (Phi) is 5.59. The van der Waals surface area contributed by atoms with Gasteiger partial charge in [-0.1, -0.05) is 0 Å². The zero-order valence-corrected chi connectivity index (χ0v) is 14.6. The third-order valence-corrected chi connectivity index (χ3v) is 4.53. The van der Waals surface area contributed by atoms with Gasteiger partial charge in [-0.3, -0.25) is 4.79 Å². The summed E-state index contributed by atoms with van der Waals surface area (Å²) in [6, 6.07) is 0. The Bertz CT molecular complexity index is 414. The van der Waals surface area contributed by atoms with Gasteiger partial charge in [0.25, 0.3) is 0 Å². The predicted octanol–water partition coefficient (Wildman–Crippen LogP) is 2.86. The van der Waals surface area contributed by atoms with Crippen molar-refractivity contribution >= 4 is 23.6 Å². The van der Waals surface area contributed by atoms with Crippen LogP contribution < -0.4 is 0 Å². The lowest BCUT2D eigenvalue weighted by molar-refractivity contribution is -0.127. The van der Waals surface area contributed by atoms with Crippen LogP contribution in [0.5, 0.6) is 0 Å². The second-order valence-electron chi connectivity index (χ2n) is 7.34. The third-order valence-electron chi connectivity index (χ3n) is 4.24. The van der Waals surface area contributed by atoms with E-state index in [0.717, 1.165) is 38.9 Å². The first-order chi connectivity index (χ1) is 10.2. The number of rotatable bonds is 3. The molecule has 126 valence electrons. The first-order valence-electron chi connectivity index (χ1n) is 8.14. The van der Waals surface area contributed by atoms with Crippen LogP contribution in [0.2, 0.25) is 0 Å². The number of amides is 2. The molecule has 0 aliphatic carbocycles. The van der Waals surface area contributed by atoms with Crippen LogP contribution in [0.4, 0.5) is 4.79 Å². The average molecular weight is 331 g/mol. The van der Waals surface area contributed by atoms with Crippen LogP contribution in [0.1, 0.15) is 46.5 Å². The number of carbonyl (C=O) groups excluding carboxylic acids is 2. The maximum absolute atomic E-state index is 12.0. The number of halogens is 1. The molecule has 2 fully saturated rings. The molecule has 0 aromatic carbocycles. The van der Waals surface area contributed by atoms with Gasteiger partial charge < -0.3 is 14.5 Å². The van der Waals surface area contributed by atoms with Gasteiger partial charge in [-0.15, -0.1) is 11.6 Å². The summed E-state index contributed by atoms with van der Waals surface area (Å²) in [5.41, 5.74) is -0.442. The van der Waals surface area contributed by atoms with Crippen molar-refractivity contribution in [3.8, 4) is 0 Å². The molecule has 0 saturated carbocycles. The fraction of sp³-hybridized carbons (Fsp3) is 0.875. The molecule has 22 heavy (non-hydrogen) atoms. The lowest BCUT2D eigenvalue weighted by atomic mass is 9.93. The number of hydrogen-bond acceptors (Lipinski definition) is 3. The van der Waals surface area contributed by atoms with E-state index in [1.165, 1.54) is 0 Å². The minimum atomic E-state index is -0.442. The molecule has 0 N–H and O–H groups in total. The first kappa shape index (κ1) is 17.4. The van der Waals surface area contributed by atoms with E-state index in [-0.39, 0.29) is 17.4 Å². The minimum Gasteiger partial charge on any atom is -0.444 e. The first-order valence-corrected chi connectivity index (χ1v) is 8.58. The normalized spacial score (nSPS) is 24.0. The van der Waals surface area contributed by atoms with Crippen LogP contribution in [0, 0.1) is 5.92 Å². The molecular formula is C16H27ClN2O3. The van der Waals surface area contributed by atoms with E-state index in [0.29, 0.717) is 18.9 Å².